The van der Waals surface area contributed by atoms with E-state index in [4.69, 9.17) is 5.11 Å². The molecule has 16 heavy (non-hydrogen) atoms. The number of carbonyl (C=O) groups excluding carboxylic acids is 1. The summed E-state index contributed by atoms with van der Waals surface area (Å²) in [6.07, 6.45) is -5.72. The number of rotatable bonds is 5. The first kappa shape index (κ1) is 14.5. The zero-order valence-electron chi connectivity index (χ0n) is 8.60. The van der Waals surface area contributed by atoms with Gasteiger partial charge in [-0.25, -0.2) is 4.79 Å². The number of nitrogens with one attached hydrogen (secondary N) is 2. The molecular formula is C8H13F3N2O3. The monoisotopic (exact) mass is 242 g/mol. The van der Waals surface area contributed by atoms with Gasteiger partial charge < -0.3 is 15.7 Å². The molecule has 0 fully saturated rings. The molecule has 0 heterocycles. The summed E-state index contributed by atoms with van der Waals surface area (Å²) in [5.74, 6) is -1.09. The van der Waals surface area contributed by atoms with Crippen molar-refractivity contribution in [2.45, 2.75) is 32.0 Å². The average Bonchev–Trinajstić information content (AvgIpc) is 1.98. The van der Waals surface area contributed by atoms with Gasteiger partial charge >= 0.3 is 18.2 Å². The van der Waals surface area contributed by atoms with Crippen LogP contribution in [0.3, 0.4) is 0 Å². The molecule has 2 amide bonds. The molecule has 0 aliphatic heterocycles. The van der Waals surface area contributed by atoms with Crippen molar-refractivity contribution in [3.63, 3.8) is 0 Å². The maximum absolute atomic E-state index is 11.7. The Bertz CT molecular complexity index is 255. The van der Waals surface area contributed by atoms with Crippen molar-refractivity contribution < 1.29 is 27.9 Å². The van der Waals surface area contributed by atoms with Gasteiger partial charge in [-0.15, -0.1) is 0 Å². The van der Waals surface area contributed by atoms with Crippen LogP contribution in [0.2, 0.25) is 0 Å². The number of alkyl halides is 3. The minimum atomic E-state index is -4.32. The van der Waals surface area contributed by atoms with E-state index >= 15 is 0 Å². The van der Waals surface area contributed by atoms with Gasteiger partial charge in [-0.2, -0.15) is 13.2 Å². The normalized spacial score (nSPS) is 13.0. The number of carbonyl (C=O) groups is 2. The van der Waals surface area contributed by atoms with Gasteiger partial charge in [0.15, 0.2) is 0 Å². The molecule has 0 radical (unpaired) electrons. The number of halogens is 3. The molecule has 1 atom stereocenters. The van der Waals surface area contributed by atoms with Crippen molar-refractivity contribution in [3.8, 4) is 0 Å². The highest BCUT2D eigenvalue weighted by Crippen LogP contribution is 2.17. The lowest BCUT2D eigenvalue weighted by atomic mass is 10.2. The molecule has 0 aromatic heterocycles. The van der Waals surface area contributed by atoms with E-state index in [1.807, 2.05) is 5.32 Å². The zero-order valence-corrected chi connectivity index (χ0v) is 8.60. The Hall–Kier alpha value is -1.47. The quantitative estimate of drug-likeness (QED) is 0.675. The molecule has 0 aliphatic carbocycles. The topological polar surface area (TPSA) is 78.4 Å². The first-order chi connectivity index (χ1) is 7.20. The van der Waals surface area contributed by atoms with E-state index in [1.54, 1.807) is 0 Å². The minimum Gasteiger partial charge on any atom is -0.481 e. The van der Waals surface area contributed by atoms with Crippen LogP contribution in [-0.4, -0.2) is 35.9 Å². The van der Waals surface area contributed by atoms with Crippen LogP contribution < -0.4 is 10.6 Å². The maximum Gasteiger partial charge on any atom is 0.390 e. The molecule has 0 spiro atoms. The molecule has 3 N–H and O–H groups in total. The lowest BCUT2D eigenvalue weighted by molar-refractivity contribution is -0.137. The summed E-state index contributed by atoms with van der Waals surface area (Å²) in [7, 11) is 0. The van der Waals surface area contributed by atoms with E-state index in [0.717, 1.165) is 0 Å². The summed E-state index contributed by atoms with van der Waals surface area (Å²) in [4.78, 5) is 21.2. The summed E-state index contributed by atoms with van der Waals surface area (Å²) in [6.45, 7) is 0.909. The third-order valence-corrected chi connectivity index (χ3v) is 1.55. The number of carboxylic acids is 1. The second-order valence-electron chi connectivity index (χ2n) is 3.26. The molecule has 0 aliphatic rings. The van der Waals surface area contributed by atoms with Crippen LogP contribution in [-0.2, 0) is 4.79 Å². The van der Waals surface area contributed by atoms with Crippen molar-refractivity contribution in [2.75, 3.05) is 6.54 Å². The second-order valence-corrected chi connectivity index (χ2v) is 3.26. The predicted octanol–water partition coefficient (Wildman–Crippen LogP) is 1.10. The summed E-state index contributed by atoms with van der Waals surface area (Å²) in [5.41, 5.74) is 0. The summed E-state index contributed by atoms with van der Waals surface area (Å²) in [6, 6.07) is -1.44. The van der Waals surface area contributed by atoms with Crippen LogP contribution in [0.5, 0.6) is 0 Å². The Balaban J connectivity index is 3.70. The maximum atomic E-state index is 11.7. The van der Waals surface area contributed by atoms with E-state index in [1.165, 1.54) is 6.92 Å². The van der Waals surface area contributed by atoms with Gasteiger partial charge in [0.05, 0.1) is 12.8 Å². The smallest absolute Gasteiger partial charge is 0.390 e. The van der Waals surface area contributed by atoms with Crippen LogP contribution in [0.15, 0.2) is 0 Å². The van der Waals surface area contributed by atoms with Gasteiger partial charge in [-0.05, 0) is 6.92 Å². The standard InChI is InChI=1S/C8H13F3N2O3/c1-5(4-6(14)15)13-7(16)12-3-2-8(9,10)11/h5H,2-4H2,1H3,(H,14,15)(H2,12,13,16). The highest BCUT2D eigenvalue weighted by atomic mass is 19.4. The molecule has 94 valence electrons. The Labute approximate surface area is 90.0 Å². The average molecular weight is 242 g/mol. The SMILES string of the molecule is CC(CC(=O)O)NC(=O)NCCC(F)(F)F. The molecule has 5 nitrogen and oxygen atoms in total. The fourth-order valence-corrected chi connectivity index (χ4v) is 0.906. The number of aliphatic carboxylic acids is 1. The van der Waals surface area contributed by atoms with Crippen LogP contribution in [0, 0.1) is 0 Å². The molecular weight excluding hydrogens is 229 g/mol. The molecule has 0 rings (SSSR count). The van der Waals surface area contributed by atoms with Gasteiger partial charge in [0.25, 0.3) is 0 Å². The molecule has 0 aromatic rings. The molecule has 0 aromatic carbocycles. The predicted molar refractivity (Wildman–Crippen MR) is 48.9 cm³/mol. The Morgan fingerprint density at radius 2 is 1.94 bits per heavy atom. The van der Waals surface area contributed by atoms with E-state index in [9.17, 15) is 22.8 Å². The first-order valence-corrected chi connectivity index (χ1v) is 4.53. The highest BCUT2D eigenvalue weighted by Gasteiger charge is 2.26. The molecule has 0 bridgehead atoms. The van der Waals surface area contributed by atoms with E-state index < -0.39 is 37.2 Å². The number of amides is 2. The zero-order chi connectivity index (χ0) is 12.8. The molecule has 0 saturated heterocycles. The van der Waals surface area contributed by atoms with E-state index in [-0.39, 0.29) is 6.42 Å². The van der Waals surface area contributed by atoms with Crippen molar-refractivity contribution in [3.05, 3.63) is 0 Å². The van der Waals surface area contributed by atoms with Crippen molar-refractivity contribution >= 4 is 12.0 Å². The highest BCUT2D eigenvalue weighted by molar-refractivity contribution is 5.75. The second kappa shape index (κ2) is 6.19. The fourth-order valence-electron chi connectivity index (χ4n) is 0.906. The third kappa shape index (κ3) is 9.10. The van der Waals surface area contributed by atoms with E-state index in [2.05, 4.69) is 5.32 Å². The minimum absolute atomic E-state index is 0.285. The summed E-state index contributed by atoms with van der Waals surface area (Å²) < 4.78 is 35.1. The number of carboxylic acid groups (broad SMARTS) is 1. The Kier molecular flexibility index (Phi) is 5.62. The van der Waals surface area contributed by atoms with E-state index in [0.29, 0.717) is 0 Å². The Morgan fingerprint density at radius 3 is 2.38 bits per heavy atom. The Morgan fingerprint density at radius 1 is 1.38 bits per heavy atom. The van der Waals surface area contributed by atoms with Crippen LogP contribution in [0.4, 0.5) is 18.0 Å². The third-order valence-electron chi connectivity index (χ3n) is 1.55. The van der Waals surface area contributed by atoms with Gasteiger partial charge in [0.2, 0.25) is 0 Å². The lowest BCUT2D eigenvalue weighted by Gasteiger charge is -2.13. The van der Waals surface area contributed by atoms with Gasteiger partial charge in [0, 0.05) is 12.6 Å². The van der Waals surface area contributed by atoms with Crippen LogP contribution >= 0.6 is 0 Å². The number of urea groups is 1. The molecule has 1 unspecified atom stereocenters. The van der Waals surface area contributed by atoms with Crippen molar-refractivity contribution in [2.24, 2.45) is 0 Å². The summed E-state index contributed by atoms with van der Waals surface area (Å²) in [5, 5.41) is 12.5. The van der Waals surface area contributed by atoms with Crippen LogP contribution in [0.25, 0.3) is 0 Å². The van der Waals surface area contributed by atoms with Crippen molar-refractivity contribution in [1.82, 2.24) is 10.6 Å². The van der Waals surface area contributed by atoms with Gasteiger partial charge in [-0.1, -0.05) is 0 Å². The lowest BCUT2D eigenvalue weighted by Crippen LogP contribution is -2.42. The van der Waals surface area contributed by atoms with Crippen molar-refractivity contribution in [1.29, 1.82) is 0 Å². The molecule has 0 saturated carbocycles. The summed E-state index contributed by atoms with van der Waals surface area (Å²) >= 11 is 0. The first-order valence-electron chi connectivity index (χ1n) is 4.53. The van der Waals surface area contributed by atoms with Gasteiger partial charge in [-0.3, -0.25) is 4.79 Å². The largest absolute Gasteiger partial charge is 0.481 e. The fraction of sp³-hybridized carbons (Fsp3) is 0.750. The molecule has 8 heteroatoms. The number of hydrogen-bond acceptors (Lipinski definition) is 2. The van der Waals surface area contributed by atoms with Gasteiger partial charge in [0.1, 0.15) is 0 Å². The van der Waals surface area contributed by atoms with Crippen LogP contribution in [0.1, 0.15) is 19.8 Å². The number of hydrogen-bond donors (Lipinski definition) is 3.